The van der Waals surface area contributed by atoms with Crippen molar-refractivity contribution < 1.29 is 18.7 Å². The average molecular weight is 272 g/mol. The maximum Gasteiger partial charge on any atom is 0.205 e. The van der Waals surface area contributed by atoms with Crippen LogP contribution < -0.4 is 4.74 Å². The Morgan fingerprint density at radius 3 is 3.00 bits per heavy atom. The number of ketones is 1. The van der Waals surface area contributed by atoms with Gasteiger partial charge in [-0.3, -0.25) is 4.79 Å². The van der Waals surface area contributed by atoms with E-state index in [4.69, 9.17) is 13.9 Å². The maximum atomic E-state index is 12.6. The number of rotatable bonds is 4. The molecule has 4 nitrogen and oxygen atoms in total. The molecular formula is C16H16O4. The third-order valence-corrected chi connectivity index (χ3v) is 3.47. The first kappa shape index (κ1) is 12.9. The van der Waals surface area contributed by atoms with Crippen LogP contribution in [0.3, 0.4) is 0 Å². The van der Waals surface area contributed by atoms with E-state index >= 15 is 0 Å². The third kappa shape index (κ3) is 2.34. The summed E-state index contributed by atoms with van der Waals surface area (Å²) in [6.07, 6.45) is 0.677. The number of Topliss-reactive ketones (excluding diaryl/α,β-unsaturated/α-hetero) is 1. The van der Waals surface area contributed by atoms with Crippen LogP contribution in [0.4, 0.5) is 0 Å². The molecule has 0 bridgehead atoms. The molecule has 0 N–H and O–H groups in total. The highest BCUT2D eigenvalue weighted by molar-refractivity contribution is 5.99. The normalized spacial score (nSPS) is 17.4. The minimum Gasteiger partial charge on any atom is -0.493 e. The predicted molar refractivity (Wildman–Crippen MR) is 73.0 cm³/mol. The second-order valence-corrected chi connectivity index (χ2v) is 4.79. The van der Waals surface area contributed by atoms with Gasteiger partial charge in [0, 0.05) is 12.7 Å². The molecule has 0 aliphatic carbocycles. The largest absolute Gasteiger partial charge is 0.493 e. The fourth-order valence-electron chi connectivity index (χ4n) is 2.52. The molecule has 1 aromatic carbocycles. The summed E-state index contributed by atoms with van der Waals surface area (Å²) in [5, 5.41) is 0. The zero-order chi connectivity index (χ0) is 13.9. The summed E-state index contributed by atoms with van der Waals surface area (Å²) in [5.41, 5.74) is 0.938. The van der Waals surface area contributed by atoms with Crippen LogP contribution >= 0.6 is 0 Å². The Kier molecular flexibility index (Phi) is 3.56. The molecule has 0 radical (unpaired) electrons. The van der Waals surface area contributed by atoms with Gasteiger partial charge in [0.15, 0.2) is 5.76 Å². The molecule has 1 aromatic heterocycles. The summed E-state index contributed by atoms with van der Waals surface area (Å²) in [6.45, 7) is 0.927. The van der Waals surface area contributed by atoms with Gasteiger partial charge in [-0.2, -0.15) is 0 Å². The van der Waals surface area contributed by atoms with E-state index in [9.17, 15) is 4.79 Å². The first-order chi connectivity index (χ1) is 9.79. The molecule has 0 saturated carbocycles. The minimum atomic E-state index is -0.193. The molecular weight excluding hydrogens is 256 g/mol. The lowest BCUT2D eigenvalue weighted by molar-refractivity contribution is 0.0897. The molecule has 1 atom stereocenters. The first-order valence-corrected chi connectivity index (χ1v) is 6.63. The second-order valence-electron chi connectivity index (χ2n) is 4.79. The highest BCUT2D eigenvalue weighted by Gasteiger charge is 2.29. The number of para-hydroxylation sites is 1. The van der Waals surface area contributed by atoms with E-state index in [0.29, 0.717) is 31.2 Å². The zero-order valence-electron chi connectivity index (χ0n) is 11.3. The van der Waals surface area contributed by atoms with E-state index < -0.39 is 0 Å². The summed E-state index contributed by atoms with van der Waals surface area (Å²) < 4.78 is 16.1. The van der Waals surface area contributed by atoms with Gasteiger partial charge in [0.2, 0.25) is 5.78 Å². The Morgan fingerprint density at radius 2 is 2.15 bits per heavy atom. The predicted octanol–water partition coefficient (Wildman–Crippen LogP) is 3.18. The summed E-state index contributed by atoms with van der Waals surface area (Å²) in [5.74, 6) is 1.65. The lowest BCUT2D eigenvalue weighted by Gasteiger charge is -2.24. The van der Waals surface area contributed by atoms with E-state index in [1.165, 1.54) is 0 Å². The molecule has 20 heavy (non-hydrogen) atoms. The molecule has 1 aliphatic rings. The van der Waals surface area contributed by atoms with Crippen LogP contribution in [0.5, 0.6) is 5.75 Å². The fourth-order valence-corrected chi connectivity index (χ4v) is 2.52. The molecule has 0 amide bonds. The Bertz CT molecular complexity index is 614. The van der Waals surface area contributed by atoms with E-state index in [1.807, 2.05) is 24.3 Å². The zero-order valence-corrected chi connectivity index (χ0v) is 11.3. The molecule has 1 unspecified atom stereocenters. The number of furan rings is 1. The lowest BCUT2D eigenvalue weighted by atomic mass is 9.88. The maximum absolute atomic E-state index is 12.6. The number of carbonyl (C=O) groups is 1. The van der Waals surface area contributed by atoms with Gasteiger partial charge < -0.3 is 13.9 Å². The van der Waals surface area contributed by atoms with Crippen LogP contribution in [-0.4, -0.2) is 19.5 Å². The van der Waals surface area contributed by atoms with Gasteiger partial charge in [-0.15, -0.1) is 0 Å². The van der Waals surface area contributed by atoms with Gasteiger partial charge in [-0.25, -0.2) is 0 Å². The average Bonchev–Trinajstić information content (AvgIpc) is 2.95. The van der Waals surface area contributed by atoms with E-state index in [2.05, 4.69) is 0 Å². The number of hydrogen-bond donors (Lipinski definition) is 0. The van der Waals surface area contributed by atoms with Crippen LogP contribution in [0.25, 0.3) is 0 Å². The van der Waals surface area contributed by atoms with Gasteiger partial charge >= 0.3 is 0 Å². The molecule has 0 fully saturated rings. The lowest BCUT2D eigenvalue weighted by Crippen LogP contribution is -2.21. The number of ether oxygens (including phenoxy) is 2. The number of methoxy groups -OCH3 is 1. The number of carbonyl (C=O) groups excluding carboxylic acids is 1. The second kappa shape index (κ2) is 5.51. The van der Waals surface area contributed by atoms with Crippen molar-refractivity contribution >= 4 is 5.78 Å². The van der Waals surface area contributed by atoms with Gasteiger partial charge in [0.25, 0.3) is 0 Å². The summed E-state index contributed by atoms with van der Waals surface area (Å²) in [6, 6.07) is 11.2. The van der Waals surface area contributed by atoms with Crippen molar-refractivity contribution in [2.75, 3.05) is 13.7 Å². The number of hydrogen-bond acceptors (Lipinski definition) is 4. The SMILES string of the molecule is COCc1ccc(C(=O)C2CCOc3ccccc32)o1. The van der Waals surface area contributed by atoms with Crippen molar-refractivity contribution in [3.05, 3.63) is 53.5 Å². The van der Waals surface area contributed by atoms with Crippen LogP contribution in [-0.2, 0) is 11.3 Å². The van der Waals surface area contributed by atoms with Crippen LogP contribution in [0.1, 0.15) is 34.2 Å². The van der Waals surface area contributed by atoms with Crippen molar-refractivity contribution in [2.24, 2.45) is 0 Å². The third-order valence-electron chi connectivity index (χ3n) is 3.47. The topological polar surface area (TPSA) is 48.7 Å². The van der Waals surface area contributed by atoms with E-state index in [1.54, 1.807) is 19.2 Å². The Morgan fingerprint density at radius 1 is 1.30 bits per heavy atom. The van der Waals surface area contributed by atoms with Crippen LogP contribution in [0.15, 0.2) is 40.8 Å². The summed E-state index contributed by atoms with van der Waals surface area (Å²) >= 11 is 0. The molecule has 104 valence electrons. The van der Waals surface area contributed by atoms with Crippen molar-refractivity contribution in [2.45, 2.75) is 18.9 Å². The summed E-state index contributed by atoms with van der Waals surface area (Å²) in [7, 11) is 1.60. The van der Waals surface area contributed by atoms with Crippen LogP contribution in [0.2, 0.25) is 0 Å². The standard InChI is InChI=1S/C16H16O4/c1-18-10-11-6-7-15(20-11)16(17)13-8-9-19-14-5-3-2-4-12(13)14/h2-7,13H,8-10H2,1H3. The molecule has 3 rings (SSSR count). The molecule has 2 aromatic rings. The monoisotopic (exact) mass is 272 g/mol. The van der Waals surface area contributed by atoms with Gasteiger partial charge in [-0.1, -0.05) is 18.2 Å². The molecule has 4 heteroatoms. The number of fused-ring (bicyclic) bond motifs is 1. The first-order valence-electron chi connectivity index (χ1n) is 6.63. The molecule has 2 heterocycles. The number of benzene rings is 1. The fraction of sp³-hybridized carbons (Fsp3) is 0.312. The Balaban J connectivity index is 1.87. The van der Waals surface area contributed by atoms with Crippen molar-refractivity contribution in [1.82, 2.24) is 0 Å². The minimum absolute atomic E-state index is 0.00287. The van der Waals surface area contributed by atoms with Crippen molar-refractivity contribution in [1.29, 1.82) is 0 Å². The van der Waals surface area contributed by atoms with Crippen molar-refractivity contribution in [3.63, 3.8) is 0 Å². The highest BCUT2D eigenvalue weighted by Crippen LogP contribution is 2.35. The Hall–Kier alpha value is -2.07. The van der Waals surface area contributed by atoms with Crippen molar-refractivity contribution in [3.8, 4) is 5.75 Å². The molecule has 1 aliphatic heterocycles. The van der Waals surface area contributed by atoms with Gasteiger partial charge in [0.1, 0.15) is 18.1 Å². The van der Waals surface area contributed by atoms with E-state index in [0.717, 1.165) is 11.3 Å². The molecule has 0 spiro atoms. The van der Waals surface area contributed by atoms with E-state index in [-0.39, 0.29) is 11.7 Å². The smallest absolute Gasteiger partial charge is 0.205 e. The highest BCUT2D eigenvalue weighted by atomic mass is 16.5. The van der Waals surface area contributed by atoms with Gasteiger partial charge in [-0.05, 0) is 24.6 Å². The summed E-state index contributed by atoms with van der Waals surface area (Å²) in [4.78, 5) is 12.6. The molecule has 0 saturated heterocycles. The van der Waals surface area contributed by atoms with Gasteiger partial charge in [0.05, 0.1) is 12.5 Å². The Labute approximate surface area is 117 Å². The quantitative estimate of drug-likeness (QED) is 0.802. The van der Waals surface area contributed by atoms with Crippen LogP contribution in [0, 0.1) is 0 Å².